The molecule has 10 heteroatoms. The van der Waals surface area contributed by atoms with E-state index in [1.54, 1.807) is 6.07 Å². The van der Waals surface area contributed by atoms with E-state index in [0.29, 0.717) is 37.1 Å². The first kappa shape index (κ1) is 23.4. The Hall–Kier alpha value is -2.39. The van der Waals surface area contributed by atoms with E-state index < -0.39 is 23.5 Å². The molecule has 1 aromatic carbocycles. The maximum atomic E-state index is 15.0. The lowest BCUT2D eigenvalue weighted by molar-refractivity contribution is -0.137. The molecule has 3 fully saturated rings. The Morgan fingerprint density at radius 2 is 1.82 bits per heavy atom. The zero-order chi connectivity index (χ0) is 24.2. The predicted octanol–water partition coefficient (Wildman–Crippen LogP) is 6.04. The van der Waals surface area contributed by atoms with Crippen LogP contribution in [0.2, 0.25) is 5.02 Å². The number of benzene rings is 1. The van der Waals surface area contributed by atoms with Gasteiger partial charge in [-0.1, -0.05) is 17.7 Å². The summed E-state index contributed by atoms with van der Waals surface area (Å²) in [7, 11) is 0. The third kappa shape index (κ3) is 4.60. The van der Waals surface area contributed by atoms with E-state index in [4.69, 9.17) is 16.3 Å². The van der Waals surface area contributed by atoms with E-state index in [2.05, 4.69) is 9.88 Å². The van der Waals surface area contributed by atoms with Crippen molar-refractivity contribution in [3.8, 4) is 5.88 Å². The van der Waals surface area contributed by atoms with E-state index in [-0.39, 0.29) is 34.7 Å². The molecule has 182 valence electrons. The Morgan fingerprint density at radius 1 is 1.15 bits per heavy atom. The summed E-state index contributed by atoms with van der Waals surface area (Å²) in [6.07, 6.45) is 0.844. The van der Waals surface area contributed by atoms with E-state index in [1.807, 2.05) is 0 Å². The smallest absolute Gasteiger partial charge is 0.417 e. The highest BCUT2D eigenvalue weighted by Crippen LogP contribution is 2.43. The van der Waals surface area contributed by atoms with Crippen LogP contribution in [-0.4, -0.2) is 39.1 Å². The van der Waals surface area contributed by atoms with Gasteiger partial charge in [0.25, 0.3) is 0 Å². The highest BCUT2D eigenvalue weighted by molar-refractivity contribution is 6.31. The molecule has 1 N–H and O–H groups in total. The minimum atomic E-state index is -4.54. The summed E-state index contributed by atoms with van der Waals surface area (Å²) in [6, 6.07) is 4.24. The van der Waals surface area contributed by atoms with Crippen molar-refractivity contribution in [2.45, 2.75) is 75.4 Å². The molecule has 1 aliphatic carbocycles. The SMILES string of the molecule is O=C(O)c1cc(C2CC2)cc(CN2C3CCC2CC(Oc2ncc(C(F)(F)F)cc2Cl)C3)c1F. The molecule has 2 saturated heterocycles. The molecular formula is C24H23ClF4N2O3. The Kier molecular flexibility index (Phi) is 5.96. The van der Waals surface area contributed by atoms with E-state index >= 15 is 4.39 Å². The number of aromatic carboxylic acids is 1. The van der Waals surface area contributed by atoms with Crippen LogP contribution in [0.15, 0.2) is 24.4 Å². The largest absolute Gasteiger partial charge is 0.478 e. The van der Waals surface area contributed by atoms with Crippen LogP contribution in [0, 0.1) is 5.82 Å². The van der Waals surface area contributed by atoms with E-state index in [1.165, 1.54) is 6.07 Å². The summed E-state index contributed by atoms with van der Waals surface area (Å²) in [5.41, 5.74) is 0.0526. The number of carboxylic acid groups (broad SMARTS) is 1. The summed E-state index contributed by atoms with van der Waals surface area (Å²) in [5, 5.41) is 9.26. The van der Waals surface area contributed by atoms with Crippen molar-refractivity contribution < 1.29 is 32.2 Å². The Balaban J connectivity index is 1.30. The minimum absolute atomic E-state index is 0.0261. The molecule has 2 bridgehead atoms. The van der Waals surface area contributed by atoms with Gasteiger partial charge in [0.1, 0.15) is 16.9 Å². The summed E-state index contributed by atoms with van der Waals surface area (Å²) >= 11 is 5.99. The summed E-state index contributed by atoms with van der Waals surface area (Å²) in [4.78, 5) is 17.5. The molecule has 0 amide bonds. The van der Waals surface area contributed by atoms with Gasteiger partial charge in [0.05, 0.1) is 11.1 Å². The topological polar surface area (TPSA) is 62.7 Å². The van der Waals surface area contributed by atoms with Crippen LogP contribution < -0.4 is 4.74 Å². The molecule has 1 aromatic heterocycles. The van der Waals surface area contributed by atoms with Gasteiger partial charge < -0.3 is 9.84 Å². The molecule has 2 aliphatic heterocycles. The monoisotopic (exact) mass is 498 g/mol. The fourth-order valence-electron chi connectivity index (χ4n) is 5.23. The fourth-order valence-corrected chi connectivity index (χ4v) is 5.44. The Morgan fingerprint density at radius 3 is 2.38 bits per heavy atom. The normalized spacial score (nSPS) is 24.9. The number of nitrogens with zero attached hydrogens (tertiary/aromatic N) is 2. The van der Waals surface area contributed by atoms with Gasteiger partial charge in [-0.3, -0.25) is 4.90 Å². The number of hydrogen-bond acceptors (Lipinski definition) is 4. The lowest BCUT2D eigenvalue weighted by Gasteiger charge is -2.39. The van der Waals surface area contributed by atoms with Crippen LogP contribution in [0.25, 0.3) is 0 Å². The molecule has 3 heterocycles. The van der Waals surface area contributed by atoms with E-state index in [0.717, 1.165) is 37.3 Å². The summed E-state index contributed by atoms with van der Waals surface area (Å²) in [6.45, 7) is 0.314. The number of alkyl halides is 3. The highest BCUT2D eigenvalue weighted by Gasteiger charge is 2.42. The van der Waals surface area contributed by atoms with Crippen molar-refractivity contribution in [2.24, 2.45) is 0 Å². The van der Waals surface area contributed by atoms with Crippen LogP contribution >= 0.6 is 11.6 Å². The van der Waals surface area contributed by atoms with Gasteiger partial charge in [-0.25, -0.2) is 14.2 Å². The van der Waals surface area contributed by atoms with Crippen LogP contribution in [0.3, 0.4) is 0 Å². The molecule has 34 heavy (non-hydrogen) atoms. The van der Waals surface area contributed by atoms with Crippen molar-refractivity contribution >= 4 is 17.6 Å². The van der Waals surface area contributed by atoms with Gasteiger partial charge in [0.2, 0.25) is 5.88 Å². The average Bonchev–Trinajstić information content (AvgIpc) is 3.57. The predicted molar refractivity (Wildman–Crippen MR) is 116 cm³/mol. The van der Waals surface area contributed by atoms with E-state index in [9.17, 15) is 23.1 Å². The Bertz CT molecular complexity index is 1110. The number of carbonyl (C=O) groups is 1. The number of halogens is 5. The molecule has 0 spiro atoms. The van der Waals surface area contributed by atoms with Crippen LogP contribution in [0.1, 0.15) is 71.5 Å². The van der Waals surface area contributed by atoms with Gasteiger partial charge in [0, 0.05) is 30.4 Å². The molecule has 3 aliphatic rings. The van der Waals surface area contributed by atoms with Crippen molar-refractivity contribution in [1.82, 2.24) is 9.88 Å². The summed E-state index contributed by atoms with van der Waals surface area (Å²) < 4.78 is 59.5. The first-order valence-electron chi connectivity index (χ1n) is 11.3. The first-order valence-corrected chi connectivity index (χ1v) is 11.7. The van der Waals surface area contributed by atoms with Gasteiger partial charge in [-0.2, -0.15) is 13.2 Å². The standard InChI is InChI=1S/C24H23ClF4N2O3/c25-20-7-15(24(27,28)29)10-30-22(20)34-18-8-16-3-4-17(9-18)31(16)11-14-5-13(12-1-2-12)6-19(21(14)26)23(32)33/h5-7,10,12,16-18H,1-4,8-9,11H2,(H,32,33). The molecular weight excluding hydrogens is 476 g/mol. The number of carboxylic acids is 1. The molecule has 2 atom stereocenters. The van der Waals surface area contributed by atoms with Crippen molar-refractivity contribution in [2.75, 3.05) is 0 Å². The second-order valence-corrected chi connectivity index (χ2v) is 9.81. The third-order valence-electron chi connectivity index (χ3n) is 7.06. The molecule has 5 rings (SSSR count). The van der Waals surface area contributed by atoms with Crippen LogP contribution in [0.4, 0.5) is 17.6 Å². The maximum Gasteiger partial charge on any atom is 0.417 e. The van der Waals surface area contributed by atoms with Crippen LogP contribution in [-0.2, 0) is 12.7 Å². The van der Waals surface area contributed by atoms with Crippen LogP contribution in [0.5, 0.6) is 5.88 Å². The summed E-state index contributed by atoms with van der Waals surface area (Å²) in [5.74, 6) is -1.68. The number of aromatic nitrogens is 1. The molecule has 2 aromatic rings. The zero-order valence-corrected chi connectivity index (χ0v) is 18.9. The number of fused-ring (bicyclic) bond motifs is 2. The highest BCUT2D eigenvalue weighted by atomic mass is 35.5. The van der Waals surface area contributed by atoms with Crippen molar-refractivity contribution in [3.63, 3.8) is 0 Å². The average molecular weight is 499 g/mol. The van der Waals surface area contributed by atoms with Gasteiger partial charge >= 0.3 is 12.1 Å². The first-order chi connectivity index (χ1) is 16.1. The van der Waals surface area contributed by atoms with Crippen molar-refractivity contribution in [1.29, 1.82) is 0 Å². The molecule has 2 unspecified atom stereocenters. The Labute approximate surface area is 198 Å². The third-order valence-corrected chi connectivity index (χ3v) is 7.33. The number of pyridine rings is 1. The lowest BCUT2D eigenvalue weighted by Crippen LogP contribution is -2.46. The fraction of sp³-hybridized carbons (Fsp3) is 0.500. The van der Waals surface area contributed by atoms with Gasteiger partial charge in [-0.05, 0) is 62.1 Å². The molecule has 1 saturated carbocycles. The number of piperidine rings is 1. The number of rotatable bonds is 6. The quantitative estimate of drug-likeness (QED) is 0.492. The molecule has 0 radical (unpaired) electrons. The minimum Gasteiger partial charge on any atom is -0.478 e. The maximum absolute atomic E-state index is 15.0. The zero-order valence-electron chi connectivity index (χ0n) is 18.1. The lowest BCUT2D eigenvalue weighted by atomic mass is 9.96. The second kappa shape index (κ2) is 8.68. The number of hydrogen-bond donors (Lipinski definition) is 1. The van der Waals surface area contributed by atoms with Gasteiger partial charge in [-0.15, -0.1) is 0 Å². The van der Waals surface area contributed by atoms with Gasteiger partial charge in [0.15, 0.2) is 0 Å². The number of ether oxygens (including phenoxy) is 1. The second-order valence-electron chi connectivity index (χ2n) is 9.40. The van der Waals surface area contributed by atoms with Crippen molar-refractivity contribution in [3.05, 3.63) is 57.5 Å². The molecule has 5 nitrogen and oxygen atoms in total.